The third-order valence-corrected chi connectivity index (χ3v) is 2.33. The van der Waals surface area contributed by atoms with E-state index in [4.69, 9.17) is 10.5 Å². The Labute approximate surface area is 86.2 Å². The van der Waals surface area contributed by atoms with Gasteiger partial charge in [-0.3, -0.25) is 10.1 Å². The van der Waals surface area contributed by atoms with Gasteiger partial charge in [-0.1, -0.05) is 0 Å². The van der Waals surface area contributed by atoms with E-state index in [2.05, 4.69) is 4.98 Å². The van der Waals surface area contributed by atoms with E-state index >= 15 is 0 Å². The number of pyridine rings is 1. The Morgan fingerprint density at radius 1 is 1.60 bits per heavy atom. The van der Waals surface area contributed by atoms with Crippen molar-refractivity contribution in [2.45, 2.75) is 18.4 Å². The zero-order valence-corrected chi connectivity index (χ0v) is 8.05. The van der Waals surface area contributed by atoms with E-state index in [1.807, 2.05) is 0 Å². The molecule has 6 heteroatoms. The Morgan fingerprint density at radius 2 is 2.33 bits per heavy atom. The van der Waals surface area contributed by atoms with Gasteiger partial charge in [0.1, 0.15) is 12.8 Å². The summed E-state index contributed by atoms with van der Waals surface area (Å²) in [6, 6.07) is 2.84. The fourth-order valence-corrected chi connectivity index (χ4v) is 1.09. The Hall–Kier alpha value is -1.69. The number of ether oxygens (including phenoxy) is 1. The van der Waals surface area contributed by atoms with Crippen LogP contribution >= 0.6 is 0 Å². The lowest BCUT2D eigenvalue weighted by atomic mass is 10.3. The predicted molar refractivity (Wildman–Crippen MR) is 52.5 cm³/mol. The number of rotatable bonds is 4. The molecule has 6 nitrogen and oxygen atoms in total. The van der Waals surface area contributed by atoms with Crippen molar-refractivity contribution in [3.8, 4) is 5.88 Å². The zero-order chi connectivity index (χ0) is 10.9. The van der Waals surface area contributed by atoms with E-state index in [1.54, 1.807) is 0 Å². The van der Waals surface area contributed by atoms with Gasteiger partial charge in [0.15, 0.2) is 0 Å². The highest BCUT2D eigenvalue weighted by Crippen LogP contribution is 2.32. The minimum Gasteiger partial charge on any atom is -0.476 e. The Balaban J connectivity index is 1.95. The van der Waals surface area contributed by atoms with Crippen molar-refractivity contribution in [3.05, 3.63) is 28.4 Å². The molecule has 0 unspecified atom stereocenters. The molecule has 0 bridgehead atoms. The maximum absolute atomic E-state index is 10.3. The van der Waals surface area contributed by atoms with E-state index in [1.165, 1.54) is 18.3 Å². The molecule has 2 N–H and O–H groups in total. The highest BCUT2D eigenvalue weighted by atomic mass is 16.6. The van der Waals surface area contributed by atoms with E-state index < -0.39 is 4.92 Å². The van der Waals surface area contributed by atoms with Gasteiger partial charge in [0, 0.05) is 12.1 Å². The highest BCUT2D eigenvalue weighted by Gasteiger charge is 2.39. The van der Waals surface area contributed by atoms with E-state index in [0.29, 0.717) is 12.5 Å². The van der Waals surface area contributed by atoms with Crippen LogP contribution in [0.15, 0.2) is 18.3 Å². The fourth-order valence-electron chi connectivity index (χ4n) is 1.09. The van der Waals surface area contributed by atoms with Crippen LogP contribution in [0, 0.1) is 10.1 Å². The first-order chi connectivity index (χ1) is 7.09. The second kappa shape index (κ2) is 3.47. The molecule has 15 heavy (non-hydrogen) atoms. The largest absolute Gasteiger partial charge is 0.476 e. The number of nitrogens with zero attached hydrogens (tertiary/aromatic N) is 2. The van der Waals surface area contributed by atoms with Crippen LogP contribution in [0.3, 0.4) is 0 Å². The van der Waals surface area contributed by atoms with Crippen LogP contribution in [0.1, 0.15) is 12.8 Å². The summed E-state index contributed by atoms with van der Waals surface area (Å²) in [6.07, 6.45) is 3.09. The second-order valence-electron chi connectivity index (χ2n) is 3.76. The first kappa shape index (κ1) is 9.85. The maximum Gasteiger partial charge on any atom is 0.287 e. The molecule has 1 aromatic rings. The van der Waals surface area contributed by atoms with Crippen LogP contribution in [0.5, 0.6) is 5.88 Å². The lowest BCUT2D eigenvalue weighted by Crippen LogP contribution is -2.29. The van der Waals surface area contributed by atoms with Crippen LogP contribution in [0.4, 0.5) is 5.69 Å². The molecule has 0 radical (unpaired) electrons. The number of aromatic nitrogens is 1. The van der Waals surface area contributed by atoms with Crippen molar-refractivity contribution >= 4 is 5.69 Å². The summed E-state index contributed by atoms with van der Waals surface area (Å²) in [5.74, 6) is 0.373. The van der Waals surface area contributed by atoms with E-state index in [-0.39, 0.29) is 11.2 Å². The van der Waals surface area contributed by atoms with Crippen LogP contribution in [0.2, 0.25) is 0 Å². The molecule has 1 aromatic heterocycles. The van der Waals surface area contributed by atoms with Gasteiger partial charge >= 0.3 is 0 Å². The van der Waals surface area contributed by atoms with Gasteiger partial charge in [-0.2, -0.15) is 0 Å². The van der Waals surface area contributed by atoms with Crippen molar-refractivity contribution < 1.29 is 9.66 Å². The lowest BCUT2D eigenvalue weighted by molar-refractivity contribution is -0.385. The molecule has 0 aromatic carbocycles. The van der Waals surface area contributed by atoms with Crippen molar-refractivity contribution in [3.63, 3.8) is 0 Å². The molecule has 1 saturated carbocycles. The van der Waals surface area contributed by atoms with Crippen LogP contribution in [0.25, 0.3) is 0 Å². The first-order valence-electron chi connectivity index (χ1n) is 4.61. The minimum atomic E-state index is -0.498. The molecule has 0 aliphatic heterocycles. The standard InChI is InChI=1S/C9H11N3O3/c10-9(3-4-9)6-15-8-2-1-7(5-11-8)12(13)14/h1-2,5H,3-4,6,10H2. The third kappa shape index (κ3) is 2.41. The molecule has 1 aliphatic carbocycles. The zero-order valence-electron chi connectivity index (χ0n) is 8.05. The van der Waals surface area contributed by atoms with Gasteiger partial charge in [0.2, 0.25) is 5.88 Å². The van der Waals surface area contributed by atoms with Crippen molar-refractivity contribution in [2.24, 2.45) is 5.73 Å². The molecule has 0 saturated heterocycles. The summed E-state index contributed by atoms with van der Waals surface area (Å²) in [5.41, 5.74) is 5.56. The van der Waals surface area contributed by atoms with Gasteiger partial charge in [0.25, 0.3) is 5.69 Å². The molecular formula is C9H11N3O3. The third-order valence-electron chi connectivity index (χ3n) is 2.33. The highest BCUT2D eigenvalue weighted by molar-refractivity contribution is 5.29. The van der Waals surface area contributed by atoms with Crippen molar-refractivity contribution in [2.75, 3.05) is 6.61 Å². The van der Waals surface area contributed by atoms with E-state index in [9.17, 15) is 10.1 Å². The normalized spacial score (nSPS) is 17.1. The minimum absolute atomic E-state index is 0.0452. The van der Waals surface area contributed by atoms with Gasteiger partial charge in [0.05, 0.1) is 10.5 Å². The summed E-state index contributed by atoms with van der Waals surface area (Å²) < 4.78 is 5.31. The van der Waals surface area contributed by atoms with Gasteiger partial charge < -0.3 is 10.5 Å². The van der Waals surface area contributed by atoms with Crippen molar-refractivity contribution in [1.82, 2.24) is 4.98 Å². The van der Waals surface area contributed by atoms with Crippen LogP contribution in [-0.4, -0.2) is 22.1 Å². The molecule has 1 heterocycles. The molecule has 1 aliphatic rings. The fraction of sp³-hybridized carbons (Fsp3) is 0.444. The Kier molecular flexibility index (Phi) is 2.28. The summed E-state index contributed by atoms with van der Waals surface area (Å²) in [4.78, 5) is 13.7. The van der Waals surface area contributed by atoms with Crippen LogP contribution in [-0.2, 0) is 0 Å². The van der Waals surface area contributed by atoms with Crippen LogP contribution < -0.4 is 10.5 Å². The van der Waals surface area contributed by atoms with Gasteiger partial charge in [-0.15, -0.1) is 0 Å². The average Bonchev–Trinajstić information content (AvgIpc) is 2.95. The molecule has 1 fully saturated rings. The predicted octanol–water partition coefficient (Wildman–Crippen LogP) is 0.860. The van der Waals surface area contributed by atoms with Gasteiger partial charge in [-0.05, 0) is 12.8 Å². The number of hydrogen-bond acceptors (Lipinski definition) is 5. The van der Waals surface area contributed by atoms with Crippen molar-refractivity contribution in [1.29, 1.82) is 0 Å². The smallest absolute Gasteiger partial charge is 0.287 e. The molecule has 80 valence electrons. The number of nitro groups is 1. The summed E-state index contributed by atoms with van der Waals surface area (Å²) in [5, 5.41) is 10.3. The van der Waals surface area contributed by atoms with Gasteiger partial charge in [-0.25, -0.2) is 4.98 Å². The summed E-state index contributed by atoms with van der Waals surface area (Å²) in [6.45, 7) is 0.414. The molecular weight excluding hydrogens is 198 g/mol. The van der Waals surface area contributed by atoms with E-state index in [0.717, 1.165) is 12.8 Å². The number of hydrogen-bond donors (Lipinski definition) is 1. The average molecular weight is 209 g/mol. The monoisotopic (exact) mass is 209 g/mol. The first-order valence-corrected chi connectivity index (χ1v) is 4.61. The maximum atomic E-state index is 10.3. The lowest BCUT2D eigenvalue weighted by Gasteiger charge is -2.09. The molecule has 2 rings (SSSR count). The molecule has 0 spiro atoms. The Morgan fingerprint density at radius 3 is 2.80 bits per heavy atom. The summed E-state index contributed by atoms with van der Waals surface area (Å²) >= 11 is 0. The molecule has 0 amide bonds. The summed E-state index contributed by atoms with van der Waals surface area (Å²) in [7, 11) is 0. The molecule has 0 atom stereocenters. The SMILES string of the molecule is NC1(COc2ccc([N+](=O)[O-])cn2)CC1. The second-order valence-corrected chi connectivity index (χ2v) is 3.76. The Bertz CT molecular complexity index is 373. The number of nitrogens with two attached hydrogens (primary N) is 1. The quantitative estimate of drug-likeness (QED) is 0.586. The topological polar surface area (TPSA) is 91.3 Å².